The fraction of sp³-hybridized carbons (Fsp3) is 0.429. The number of aliphatic imine (C=N–C) groups is 2. The van der Waals surface area contributed by atoms with Crippen molar-refractivity contribution >= 4 is 48.3 Å². The van der Waals surface area contributed by atoms with Crippen molar-refractivity contribution in [2.45, 2.75) is 25.7 Å². The number of rotatable bonds is 7. The lowest BCUT2D eigenvalue weighted by Crippen LogP contribution is -2.38. The summed E-state index contributed by atoms with van der Waals surface area (Å²) in [5, 5.41) is 4.75. The molecular weight excluding hydrogens is 450 g/mol. The van der Waals surface area contributed by atoms with Gasteiger partial charge < -0.3 is 34.4 Å². The molecule has 0 heterocycles. The zero-order valence-electron chi connectivity index (χ0n) is 17.4. The summed E-state index contributed by atoms with van der Waals surface area (Å²) in [6.07, 6.45) is 6.80. The maximum Gasteiger partial charge on any atom is 0.320 e. The molecule has 0 aliphatic heterocycles. The molecule has 0 aromatic rings. The number of unbranched alkanes of at least 4 members (excludes halogenated alkanes) is 3. The second-order valence-corrected chi connectivity index (χ2v) is 4.92. The number of isocyanates is 2. The third kappa shape index (κ3) is 65.9. The molecule has 0 spiro atoms. The van der Waals surface area contributed by atoms with E-state index in [0.29, 0.717) is 13.1 Å². The maximum absolute atomic E-state index is 9.63. The van der Waals surface area contributed by atoms with E-state index in [1.54, 1.807) is 16.0 Å². The molecule has 0 radical (unpaired) electrons. The smallest absolute Gasteiger partial charge is 0.320 e. The average Bonchev–Trinajstić information content (AvgIpc) is 2.62. The Morgan fingerprint density at radius 3 is 0.818 bits per heavy atom. The third-order valence-corrected chi connectivity index (χ3v) is 2.16. The Balaban J connectivity index is -0.000000176. The zero-order chi connectivity index (χ0) is 26.7. The monoisotopic (exact) mass is 477 g/mol. The van der Waals surface area contributed by atoms with Gasteiger partial charge in [0.05, 0.1) is 13.1 Å². The fourth-order valence-electron chi connectivity index (χ4n) is 1.19. The Morgan fingerprint density at radius 2 is 0.697 bits per heavy atom. The summed E-state index contributed by atoms with van der Waals surface area (Å²) in [6, 6.07) is -5.62. The Labute approximate surface area is 186 Å². The van der Waals surface area contributed by atoms with Crippen LogP contribution >= 0.6 is 0 Å². The first-order chi connectivity index (χ1) is 15.3. The van der Waals surface area contributed by atoms with Crippen molar-refractivity contribution in [2.75, 3.05) is 13.1 Å². The molecule has 0 aliphatic rings. The van der Waals surface area contributed by atoms with E-state index < -0.39 is 36.2 Å². The molecule has 0 unspecified atom stereocenters. The van der Waals surface area contributed by atoms with E-state index in [0.717, 1.165) is 25.7 Å². The lowest BCUT2D eigenvalue weighted by atomic mass is 10.2. The molecule has 19 nitrogen and oxygen atoms in total. The van der Waals surface area contributed by atoms with Crippen molar-refractivity contribution in [3.05, 3.63) is 0 Å². The molecule has 186 valence electrons. The maximum atomic E-state index is 9.63. The Kier molecular flexibility index (Phi) is 29.0. The molecule has 0 aliphatic carbocycles. The molecule has 0 aromatic heterocycles. The second kappa shape index (κ2) is 27.0. The normalized spacial score (nSPS) is 7.76. The van der Waals surface area contributed by atoms with Crippen LogP contribution in [0.3, 0.4) is 0 Å². The number of nitrogens with zero attached hydrogens (tertiary/aromatic N) is 2. The molecule has 0 saturated heterocycles. The third-order valence-electron chi connectivity index (χ3n) is 2.16. The average molecular weight is 477 g/mol. The summed E-state index contributed by atoms with van der Waals surface area (Å²) in [5.41, 5.74) is 26.7. The van der Waals surface area contributed by atoms with Crippen molar-refractivity contribution in [3.63, 3.8) is 0 Å². The van der Waals surface area contributed by atoms with Crippen LogP contribution in [0.2, 0.25) is 0 Å². The summed E-state index contributed by atoms with van der Waals surface area (Å²) in [6.45, 7) is 1.11. The van der Waals surface area contributed by atoms with Gasteiger partial charge in [0.15, 0.2) is 0 Å². The Bertz CT molecular complexity index is 611. The minimum Gasteiger partial charge on any atom is -0.351 e. The van der Waals surface area contributed by atoms with Crippen LogP contribution in [0.15, 0.2) is 9.98 Å². The number of carbonyl (C=O) groups excluding carboxylic acids is 8. The number of imide groups is 3. The van der Waals surface area contributed by atoms with E-state index in [4.69, 9.17) is 0 Å². The van der Waals surface area contributed by atoms with Gasteiger partial charge in [-0.3, -0.25) is 16.0 Å². The minimum absolute atomic E-state index is 0.556. The standard InChI is InChI=1S/C8H12N2O2.3C2H5N3O2/c11-7-9-5-3-1-2-4-6-10-8-12;3*3-1(6)5-2(4)7/h1-6H2;3*(H5,3,4,5,6,7). The number of primary amides is 6. The predicted molar refractivity (Wildman–Crippen MR) is 111 cm³/mol. The van der Waals surface area contributed by atoms with Crippen molar-refractivity contribution in [1.82, 2.24) is 16.0 Å². The largest absolute Gasteiger partial charge is 0.351 e. The molecule has 12 amide bonds. The van der Waals surface area contributed by atoms with Crippen LogP contribution in [-0.2, 0) is 9.59 Å². The van der Waals surface area contributed by atoms with Crippen LogP contribution in [0, 0.1) is 0 Å². The molecule has 0 aromatic carbocycles. The van der Waals surface area contributed by atoms with Crippen molar-refractivity contribution < 1.29 is 38.4 Å². The van der Waals surface area contributed by atoms with Gasteiger partial charge in [0.25, 0.3) is 0 Å². The number of amides is 12. The Hall–Kier alpha value is -5.02. The fourth-order valence-corrected chi connectivity index (χ4v) is 1.19. The van der Waals surface area contributed by atoms with Gasteiger partial charge in [-0.15, -0.1) is 0 Å². The summed E-state index contributed by atoms with van der Waals surface area (Å²) < 4.78 is 0. The highest BCUT2D eigenvalue weighted by Crippen LogP contribution is 1.99. The zero-order valence-corrected chi connectivity index (χ0v) is 17.4. The molecule has 15 N–H and O–H groups in total. The summed E-state index contributed by atoms with van der Waals surface area (Å²) in [7, 11) is 0. The summed E-state index contributed by atoms with van der Waals surface area (Å²) in [5.74, 6) is 0. The van der Waals surface area contributed by atoms with E-state index in [-0.39, 0.29) is 0 Å². The number of hydrogen-bond donors (Lipinski definition) is 9. The molecule has 19 heteroatoms. The van der Waals surface area contributed by atoms with Gasteiger partial charge in [-0.2, -0.15) is 0 Å². The summed E-state index contributed by atoms with van der Waals surface area (Å²) in [4.78, 5) is 83.8. The van der Waals surface area contributed by atoms with E-state index in [1.807, 2.05) is 0 Å². The summed E-state index contributed by atoms with van der Waals surface area (Å²) >= 11 is 0. The lowest BCUT2D eigenvalue weighted by Gasteiger charge is -1.93. The number of hydrogen-bond acceptors (Lipinski definition) is 10. The second-order valence-electron chi connectivity index (χ2n) is 4.92. The van der Waals surface area contributed by atoms with E-state index in [1.165, 1.54) is 12.2 Å². The van der Waals surface area contributed by atoms with Gasteiger partial charge in [0.1, 0.15) is 0 Å². The van der Waals surface area contributed by atoms with Crippen LogP contribution < -0.4 is 50.4 Å². The van der Waals surface area contributed by atoms with Crippen LogP contribution in [0.4, 0.5) is 28.8 Å². The highest BCUT2D eigenvalue weighted by molar-refractivity contribution is 5.92. The van der Waals surface area contributed by atoms with Gasteiger partial charge in [-0.1, -0.05) is 12.8 Å². The first-order valence-electron chi connectivity index (χ1n) is 8.44. The van der Waals surface area contributed by atoms with Crippen LogP contribution in [0.5, 0.6) is 0 Å². The van der Waals surface area contributed by atoms with Crippen molar-refractivity contribution in [2.24, 2.45) is 44.4 Å². The predicted octanol–water partition coefficient (Wildman–Crippen LogP) is -2.58. The molecule has 0 fully saturated rings. The minimum atomic E-state index is -0.938. The molecule has 33 heavy (non-hydrogen) atoms. The highest BCUT2D eigenvalue weighted by atomic mass is 16.2. The lowest BCUT2D eigenvalue weighted by molar-refractivity contribution is 0.235. The van der Waals surface area contributed by atoms with Crippen LogP contribution in [-0.4, -0.2) is 61.4 Å². The number of nitrogens with one attached hydrogen (secondary N) is 3. The number of nitrogens with two attached hydrogens (primary N) is 6. The number of urea groups is 6. The number of carbonyl (C=O) groups is 6. The molecule has 0 bridgehead atoms. The molecule has 0 rings (SSSR count). The molecule has 0 atom stereocenters. The first-order valence-corrected chi connectivity index (χ1v) is 8.44. The van der Waals surface area contributed by atoms with Crippen molar-refractivity contribution in [3.8, 4) is 0 Å². The van der Waals surface area contributed by atoms with Gasteiger partial charge in [-0.25, -0.2) is 48.3 Å². The molecule has 0 saturated carbocycles. The topological polar surface area (TPSA) is 353 Å². The first kappa shape index (κ1) is 35.4. The van der Waals surface area contributed by atoms with Gasteiger partial charge in [0.2, 0.25) is 12.2 Å². The van der Waals surface area contributed by atoms with Gasteiger partial charge in [-0.05, 0) is 12.8 Å². The SMILES string of the molecule is NC(=O)NC(N)=O.NC(=O)NC(N)=O.NC(=O)NC(N)=O.O=C=NCCCCCCN=C=O. The Morgan fingerprint density at radius 1 is 0.485 bits per heavy atom. The van der Waals surface area contributed by atoms with Crippen LogP contribution in [0.1, 0.15) is 25.7 Å². The van der Waals surface area contributed by atoms with E-state index in [9.17, 15) is 38.4 Å². The molecular formula is C14H27N11O8. The van der Waals surface area contributed by atoms with Gasteiger partial charge >= 0.3 is 36.2 Å². The quantitative estimate of drug-likeness (QED) is 0.106. The highest BCUT2D eigenvalue weighted by Gasteiger charge is 1.93. The van der Waals surface area contributed by atoms with E-state index >= 15 is 0 Å². The van der Waals surface area contributed by atoms with Crippen LogP contribution in [0.25, 0.3) is 0 Å². The van der Waals surface area contributed by atoms with Crippen molar-refractivity contribution in [1.29, 1.82) is 0 Å². The van der Waals surface area contributed by atoms with Gasteiger partial charge in [0, 0.05) is 0 Å². The van der Waals surface area contributed by atoms with E-state index in [2.05, 4.69) is 44.4 Å².